The Morgan fingerprint density at radius 2 is 2.24 bits per heavy atom. The van der Waals surface area contributed by atoms with Crippen molar-refractivity contribution in [1.29, 1.82) is 0 Å². The van der Waals surface area contributed by atoms with Crippen molar-refractivity contribution in [3.63, 3.8) is 0 Å². The Morgan fingerprint density at radius 1 is 1.47 bits per heavy atom. The Kier molecular flexibility index (Phi) is 4.48. The van der Waals surface area contributed by atoms with Gasteiger partial charge in [0.2, 0.25) is 5.91 Å². The quantitative estimate of drug-likeness (QED) is 0.672. The second-order valence-corrected chi connectivity index (χ2v) is 3.68. The zero-order valence-electron chi connectivity index (χ0n) is 9.32. The summed E-state index contributed by atoms with van der Waals surface area (Å²) in [5.41, 5.74) is 7.17. The number of fused-ring (bicyclic) bond motifs is 1. The molecule has 2 heterocycles. The number of primary amides is 1. The lowest BCUT2D eigenvalue weighted by molar-refractivity contribution is -0.112. The number of halogens is 1. The summed E-state index contributed by atoms with van der Waals surface area (Å²) in [6, 6.07) is 1.89. The largest absolute Gasteiger partial charge is 0.369 e. The van der Waals surface area contributed by atoms with Crippen LogP contribution < -0.4 is 16.4 Å². The second-order valence-electron chi connectivity index (χ2n) is 3.68. The smallest absolute Gasteiger partial charge is 0.248 e. The van der Waals surface area contributed by atoms with Gasteiger partial charge >= 0.3 is 0 Å². The third kappa shape index (κ3) is 2.95. The molecule has 4 N–H and O–H groups in total. The fourth-order valence-corrected chi connectivity index (χ4v) is 1.60. The molecular weight excluding hydrogens is 240 g/mol. The molecule has 92 valence electrons. The van der Waals surface area contributed by atoms with E-state index in [0.29, 0.717) is 11.1 Å². The van der Waals surface area contributed by atoms with Gasteiger partial charge in [-0.3, -0.25) is 4.79 Å². The van der Waals surface area contributed by atoms with Crippen LogP contribution in [0.3, 0.4) is 0 Å². The third-order valence-corrected chi connectivity index (χ3v) is 2.52. The van der Waals surface area contributed by atoms with Crippen molar-refractivity contribution in [2.75, 3.05) is 18.4 Å². The first-order valence-corrected chi connectivity index (χ1v) is 5.11. The average Bonchev–Trinajstić information content (AvgIpc) is 2.51. The molecule has 5 nitrogen and oxygen atoms in total. The van der Waals surface area contributed by atoms with Crippen LogP contribution in [0.5, 0.6) is 0 Å². The third-order valence-electron chi connectivity index (χ3n) is 2.52. The lowest BCUT2D eigenvalue weighted by Crippen LogP contribution is -2.17. The highest BCUT2D eigenvalue weighted by Crippen LogP contribution is 2.19. The summed E-state index contributed by atoms with van der Waals surface area (Å²) in [7, 11) is 0. The molecule has 0 saturated heterocycles. The summed E-state index contributed by atoms with van der Waals surface area (Å²) < 4.78 is 0. The van der Waals surface area contributed by atoms with Crippen LogP contribution in [0, 0.1) is 0 Å². The minimum atomic E-state index is -0.517. The number of hydrogen-bond donors (Lipinski definition) is 3. The molecule has 2 rings (SSSR count). The van der Waals surface area contributed by atoms with E-state index in [1.807, 2.05) is 6.07 Å². The van der Waals surface area contributed by atoms with Crippen molar-refractivity contribution < 1.29 is 4.79 Å². The predicted octanol–water partition coefficient (Wildman–Crippen LogP) is 0.517. The van der Waals surface area contributed by atoms with E-state index in [4.69, 9.17) is 5.73 Å². The van der Waals surface area contributed by atoms with Crippen LogP contribution in [0.1, 0.15) is 11.1 Å². The standard InChI is InChI=1S/C11H14N4O.ClH/c1-7(10(12)16)8-4-9-5-13-2-3-14-11(9)15-6-8;/h4,6,13H,1-3,5H2,(H2,12,16)(H,14,15);1H. The zero-order chi connectivity index (χ0) is 11.5. The Hall–Kier alpha value is -1.59. The minimum Gasteiger partial charge on any atom is -0.369 e. The summed E-state index contributed by atoms with van der Waals surface area (Å²) >= 11 is 0. The number of rotatable bonds is 2. The maximum Gasteiger partial charge on any atom is 0.248 e. The highest BCUT2D eigenvalue weighted by molar-refractivity contribution is 6.17. The molecule has 0 radical (unpaired) electrons. The summed E-state index contributed by atoms with van der Waals surface area (Å²) in [5, 5.41) is 6.45. The number of hydrogen-bond acceptors (Lipinski definition) is 4. The Bertz CT molecular complexity index is 447. The van der Waals surface area contributed by atoms with Crippen LogP contribution in [0.2, 0.25) is 0 Å². The van der Waals surface area contributed by atoms with Crippen LogP contribution in [-0.2, 0) is 11.3 Å². The average molecular weight is 255 g/mol. The molecule has 1 aromatic heterocycles. The highest BCUT2D eigenvalue weighted by atomic mass is 35.5. The SMILES string of the molecule is C=C(C(N)=O)c1cnc2c(c1)CNCCN2.Cl. The molecule has 0 fully saturated rings. The summed E-state index contributed by atoms with van der Waals surface area (Å²) in [6.45, 7) is 6.11. The van der Waals surface area contributed by atoms with Crippen LogP contribution in [0.15, 0.2) is 18.8 Å². The first kappa shape index (κ1) is 13.5. The van der Waals surface area contributed by atoms with E-state index in [9.17, 15) is 4.79 Å². The van der Waals surface area contributed by atoms with E-state index in [1.54, 1.807) is 6.20 Å². The number of amides is 1. The summed E-state index contributed by atoms with van der Waals surface area (Å²) in [5.74, 6) is 0.335. The fraction of sp³-hybridized carbons (Fsp3) is 0.273. The number of nitrogens with zero attached hydrogens (tertiary/aromatic N) is 1. The lowest BCUT2D eigenvalue weighted by Gasteiger charge is -2.08. The number of nitrogens with two attached hydrogens (primary N) is 1. The molecule has 0 atom stereocenters. The number of anilines is 1. The molecule has 0 bridgehead atoms. The van der Waals surface area contributed by atoms with Gasteiger partial charge in [-0.1, -0.05) is 6.58 Å². The van der Waals surface area contributed by atoms with Crippen molar-refractivity contribution in [1.82, 2.24) is 10.3 Å². The molecule has 1 aromatic rings. The number of nitrogens with one attached hydrogen (secondary N) is 2. The van der Waals surface area contributed by atoms with Crippen LogP contribution in [0.4, 0.5) is 5.82 Å². The highest BCUT2D eigenvalue weighted by Gasteiger charge is 2.11. The van der Waals surface area contributed by atoms with E-state index < -0.39 is 5.91 Å². The number of pyridine rings is 1. The minimum absolute atomic E-state index is 0. The molecular formula is C11H15ClN4O. The molecule has 0 unspecified atom stereocenters. The molecule has 1 aliphatic heterocycles. The van der Waals surface area contributed by atoms with Crippen molar-refractivity contribution in [3.8, 4) is 0 Å². The molecule has 0 aromatic carbocycles. The molecule has 1 aliphatic rings. The van der Waals surface area contributed by atoms with Crippen molar-refractivity contribution in [3.05, 3.63) is 30.0 Å². The van der Waals surface area contributed by atoms with Crippen molar-refractivity contribution >= 4 is 29.7 Å². The zero-order valence-corrected chi connectivity index (χ0v) is 10.1. The monoisotopic (exact) mass is 254 g/mol. The van der Waals surface area contributed by atoms with E-state index in [0.717, 1.165) is 31.0 Å². The molecule has 0 spiro atoms. The molecule has 6 heteroatoms. The first-order valence-electron chi connectivity index (χ1n) is 5.11. The summed E-state index contributed by atoms with van der Waals surface area (Å²) in [4.78, 5) is 15.3. The van der Waals surface area contributed by atoms with Gasteiger partial charge in [-0.25, -0.2) is 4.98 Å². The number of carbonyl (C=O) groups is 1. The van der Waals surface area contributed by atoms with Gasteiger partial charge in [0.05, 0.1) is 0 Å². The Morgan fingerprint density at radius 3 is 2.94 bits per heavy atom. The van der Waals surface area contributed by atoms with Gasteiger partial charge in [0, 0.05) is 42.5 Å². The van der Waals surface area contributed by atoms with E-state index in [2.05, 4.69) is 22.2 Å². The first-order chi connectivity index (χ1) is 7.68. The fourth-order valence-electron chi connectivity index (χ4n) is 1.60. The maximum atomic E-state index is 11.0. The van der Waals surface area contributed by atoms with E-state index in [-0.39, 0.29) is 12.4 Å². The number of carbonyl (C=O) groups excluding carboxylic acids is 1. The van der Waals surface area contributed by atoms with E-state index >= 15 is 0 Å². The predicted molar refractivity (Wildman–Crippen MR) is 69.9 cm³/mol. The van der Waals surface area contributed by atoms with Gasteiger partial charge in [-0.2, -0.15) is 0 Å². The van der Waals surface area contributed by atoms with Gasteiger partial charge in [-0.15, -0.1) is 12.4 Å². The molecule has 0 aliphatic carbocycles. The summed E-state index contributed by atoms with van der Waals surface area (Å²) in [6.07, 6.45) is 1.62. The van der Waals surface area contributed by atoms with Crippen molar-refractivity contribution in [2.45, 2.75) is 6.54 Å². The Balaban J connectivity index is 0.00000144. The lowest BCUT2D eigenvalue weighted by atomic mass is 10.1. The van der Waals surface area contributed by atoms with Crippen molar-refractivity contribution in [2.24, 2.45) is 5.73 Å². The molecule has 0 saturated carbocycles. The van der Waals surface area contributed by atoms with E-state index in [1.165, 1.54) is 0 Å². The van der Waals surface area contributed by atoms with Gasteiger partial charge in [0.15, 0.2) is 0 Å². The van der Waals surface area contributed by atoms with Crippen LogP contribution in [-0.4, -0.2) is 24.0 Å². The topological polar surface area (TPSA) is 80.0 Å². The second kappa shape index (κ2) is 5.65. The molecule has 1 amide bonds. The van der Waals surface area contributed by atoms with Crippen LogP contribution in [0.25, 0.3) is 5.57 Å². The van der Waals surface area contributed by atoms with Crippen LogP contribution >= 0.6 is 12.4 Å². The normalized spacial score (nSPS) is 13.6. The number of aromatic nitrogens is 1. The van der Waals surface area contributed by atoms with Gasteiger partial charge in [0.25, 0.3) is 0 Å². The Labute approximate surface area is 106 Å². The van der Waals surface area contributed by atoms with Gasteiger partial charge < -0.3 is 16.4 Å². The van der Waals surface area contributed by atoms with Gasteiger partial charge in [-0.05, 0) is 6.07 Å². The van der Waals surface area contributed by atoms with Gasteiger partial charge in [0.1, 0.15) is 5.82 Å². The molecule has 17 heavy (non-hydrogen) atoms. The maximum absolute atomic E-state index is 11.0.